The molecule has 94 valence electrons. The summed E-state index contributed by atoms with van der Waals surface area (Å²) in [6.07, 6.45) is 0. The van der Waals surface area contributed by atoms with Crippen LogP contribution in [0.1, 0.15) is 11.1 Å². The number of benzene rings is 2. The van der Waals surface area contributed by atoms with Crippen molar-refractivity contribution in [1.82, 2.24) is 0 Å². The fourth-order valence-corrected chi connectivity index (χ4v) is 1.76. The molecule has 2 N–H and O–H groups in total. The van der Waals surface area contributed by atoms with Gasteiger partial charge in [-0.3, -0.25) is 0 Å². The highest BCUT2D eigenvalue weighted by atomic mass is 35.5. The summed E-state index contributed by atoms with van der Waals surface area (Å²) in [4.78, 5) is 0. The summed E-state index contributed by atoms with van der Waals surface area (Å²) in [6.45, 7) is 2.04. The molecule has 0 aromatic heterocycles. The van der Waals surface area contributed by atoms with Gasteiger partial charge in [-0.2, -0.15) is 0 Å². The molecule has 0 aliphatic rings. The van der Waals surface area contributed by atoms with E-state index in [0.29, 0.717) is 28.6 Å². The Balaban J connectivity index is 2.33. The Labute approximate surface area is 110 Å². The predicted octanol–water partition coefficient (Wildman–Crippen LogP) is 4.04. The molecule has 0 bridgehead atoms. The van der Waals surface area contributed by atoms with Gasteiger partial charge in [0.1, 0.15) is 17.3 Å². The van der Waals surface area contributed by atoms with Crippen molar-refractivity contribution in [2.75, 3.05) is 0 Å². The van der Waals surface area contributed by atoms with E-state index in [0.717, 1.165) is 5.56 Å². The van der Waals surface area contributed by atoms with Crippen molar-refractivity contribution in [3.63, 3.8) is 0 Å². The molecule has 0 radical (unpaired) electrons. The lowest BCUT2D eigenvalue weighted by Crippen LogP contribution is -1.99. The average molecular weight is 266 g/mol. The van der Waals surface area contributed by atoms with E-state index in [1.54, 1.807) is 31.2 Å². The SMILES string of the molecule is Cc1cc(Oc2cc(Cl)ccc2CN)ccc1F. The summed E-state index contributed by atoms with van der Waals surface area (Å²) in [7, 11) is 0. The molecule has 0 fully saturated rings. The third-order valence-corrected chi connectivity index (χ3v) is 2.84. The van der Waals surface area contributed by atoms with Gasteiger partial charge in [0.25, 0.3) is 0 Å². The van der Waals surface area contributed by atoms with Gasteiger partial charge in [-0.05, 0) is 42.8 Å². The Kier molecular flexibility index (Phi) is 3.84. The van der Waals surface area contributed by atoms with Crippen molar-refractivity contribution in [2.45, 2.75) is 13.5 Å². The standard InChI is InChI=1S/C14H13ClFNO/c1-9-6-12(4-5-13(9)16)18-14-7-11(15)3-2-10(14)8-17/h2-7H,8,17H2,1H3. The monoisotopic (exact) mass is 265 g/mol. The summed E-state index contributed by atoms with van der Waals surface area (Å²) in [5, 5.41) is 0.570. The Morgan fingerprint density at radius 2 is 2.00 bits per heavy atom. The molecule has 0 spiro atoms. The molecular formula is C14H13ClFNO. The molecular weight excluding hydrogens is 253 g/mol. The van der Waals surface area contributed by atoms with Crippen molar-refractivity contribution >= 4 is 11.6 Å². The van der Waals surface area contributed by atoms with Gasteiger partial charge >= 0.3 is 0 Å². The van der Waals surface area contributed by atoms with Crippen molar-refractivity contribution < 1.29 is 9.13 Å². The number of hydrogen-bond acceptors (Lipinski definition) is 2. The predicted molar refractivity (Wildman–Crippen MR) is 70.6 cm³/mol. The highest BCUT2D eigenvalue weighted by Gasteiger charge is 2.06. The Morgan fingerprint density at radius 3 is 2.67 bits per heavy atom. The van der Waals surface area contributed by atoms with E-state index < -0.39 is 0 Å². The molecule has 2 nitrogen and oxygen atoms in total. The number of nitrogens with two attached hydrogens (primary N) is 1. The number of ether oxygens (including phenoxy) is 1. The molecule has 0 amide bonds. The van der Waals surface area contributed by atoms with Crippen molar-refractivity contribution in [1.29, 1.82) is 0 Å². The molecule has 0 unspecified atom stereocenters. The fourth-order valence-electron chi connectivity index (χ4n) is 1.60. The van der Waals surface area contributed by atoms with Crippen LogP contribution in [0.5, 0.6) is 11.5 Å². The van der Waals surface area contributed by atoms with E-state index in [4.69, 9.17) is 22.1 Å². The van der Waals surface area contributed by atoms with E-state index in [2.05, 4.69) is 0 Å². The number of hydrogen-bond donors (Lipinski definition) is 1. The van der Waals surface area contributed by atoms with Gasteiger partial charge in [-0.25, -0.2) is 4.39 Å². The zero-order valence-electron chi connectivity index (χ0n) is 9.91. The quantitative estimate of drug-likeness (QED) is 0.909. The molecule has 18 heavy (non-hydrogen) atoms. The second-order valence-electron chi connectivity index (χ2n) is 3.97. The maximum Gasteiger partial charge on any atom is 0.133 e. The highest BCUT2D eigenvalue weighted by molar-refractivity contribution is 6.30. The van der Waals surface area contributed by atoms with Gasteiger partial charge in [0.05, 0.1) is 0 Å². The van der Waals surface area contributed by atoms with E-state index >= 15 is 0 Å². The van der Waals surface area contributed by atoms with E-state index in [1.165, 1.54) is 6.07 Å². The molecule has 0 atom stereocenters. The van der Waals surface area contributed by atoms with E-state index in [1.807, 2.05) is 6.07 Å². The molecule has 0 heterocycles. The van der Waals surface area contributed by atoms with Crippen LogP contribution < -0.4 is 10.5 Å². The average Bonchev–Trinajstić information content (AvgIpc) is 2.34. The molecule has 0 aliphatic heterocycles. The van der Waals surface area contributed by atoms with E-state index in [9.17, 15) is 4.39 Å². The van der Waals surface area contributed by atoms with Gasteiger partial charge in [0.15, 0.2) is 0 Å². The third kappa shape index (κ3) is 2.81. The number of aryl methyl sites for hydroxylation is 1. The van der Waals surface area contributed by atoms with Crippen molar-refractivity contribution in [3.8, 4) is 11.5 Å². The first-order valence-electron chi connectivity index (χ1n) is 5.52. The lowest BCUT2D eigenvalue weighted by molar-refractivity contribution is 0.473. The van der Waals surface area contributed by atoms with Crippen LogP contribution >= 0.6 is 11.6 Å². The van der Waals surface area contributed by atoms with Gasteiger partial charge in [0, 0.05) is 17.1 Å². The maximum atomic E-state index is 13.2. The molecule has 2 rings (SSSR count). The lowest BCUT2D eigenvalue weighted by atomic mass is 10.2. The van der Waals surface area contributed by atoms with Crippen LogP contribution in [0.4, 0.5) is 4.39 Å². The number of halogens is 2. The molecule has 2 aromatic carbocycles. The van der Waals surface area contributed by atoms with Crippen LogP contribution in [0.2, 0.25) is 5.02 Å². The molecule has 0 aliphatic carbocycles. The second kappa shape index (κ2) is 5.38. The summed E-state index contributed by atoms with van der Waals surface area (Å²) >= 11 is 5.92. The first kappa shape index (κ1) is 12.9. The Morgan fingerprint density at radius 1 is 1.22 bits per heavy atom. The second-order valence-corrected chi connectivity index (χ2v) is 4.41. The van der Waals surface area contributed by atoms with Gasteiger partial charge < -0.3 is 10.5 Å². The molecule has 2 aromatic rings. The Hall–Kier alpha value is -1.58. The molecule has 0 saturated carbocycles. The zero-order chi connectivity index (χ0) is 13.1. The fraction of sp³-hybridized carbons (Fsp3) is 0.143. The van der Waals surface area contributed by atoms with Gasteiger partial charge in [0.2, 0.25) is 0 Å². The van der Waals surface area contributed by atoms with Crippen LogP contribution in [-0.4, -0.2) is 0 Å². The van der Waals surface area contributed by atoms with E-state index in [-0.39, 0.29) is 5.82 Å². The minimum absolute atomic E-state index is 0.257. The van der Waals surface area contributed by atoms with Gasteiger partial charge in [-0.1, -0.05) is 17.7 Å². The smallest absolute Gasteiger partial charge is 0.133 e. The van der Waals surface area contributed by atoms with Crippen molar-refractivity contribution in [2.24, 2.45) is 5.73 Å². The molecule has 0 saturated heterocycles. The highest BCUT2D eigenvalue weighted by Crippen LogP contribution is 2.29. The number of rotatable bonds is 3. The summed E-state index contributed by atoms with van der Waals surface area (Å²) in [6, 6.07) is 9.85. The zero-order valence-corrected chi connectivity index (χ0v) is 10.7. The maximum absolute atomic E-state index is 13.2. The normalized spacial score (nSPS) is 10.4. The largest absolute Gasteiger partial charge is 0.457 e. The van der Waals surface area contributed by atoms with Crippen LogP contribution in [0, 0.1) is 12.7 Å². The summed E-state index contributed by atoms with van der Waals surface area (Å²) in [5.41, 5.74) is 7.01. The van der Waals surface area contributed by atoms with Crippen LogP contribution in [0.15, 0.2) is 36.4 Å². The first-order valence-corrected chi connectivity index (χ1v) is 5.90. The van der Waals surface area contributed by atoms with Gasteiger partial charge in [-0.15, -0.1) is 0 Å². The third-order valence-electron chi connectivity index (χ3n) is 2.61. The summed E-state index contributed by atoms with van der Waals surface area (Å²) in [5.74, 6) is 0.898. The molecule has 4 heteroatoms. The van der Waals surface area contributed by atoms with Crippen LogP contribution in [0.3, 0.4) is 0 Å². The minimum Gasteiger partial charge on any atom is -0.457 e. The lowest BCUT2D eigenvalue weighted by Gasteiger charge is -2.11. The first-order chi connectivity index (χ1) is 8.60. The minimum atomic E-state index is -0.257. The van der Waals surface area contributed by atoms with Crippen LogP contribution in [0.25, 0.3) is 0 Å². The van der Waals surface area contributed by atoms with Crippen molar-refractivity contribution in [3.05, 3.63) is 58.4 Å². The Bertz CT molecular complexity index is 572. The topological polar surface area (TPSA) is 35.2 Å². The summed E-state index contributed by atoms with van der Waals surface area (Å²) < 4.78 is 18.8. The van der Waals surface area contributed by atoms with Crippen LogP contribution in [-0.2, 0) is 6.54 Å².